The van der Waals surface area contributed by atoms with E-state index in [4.69, 9.17) is 19.4 Å². The number of carboxylic acid groups (broad SMARTS) is 2. The van der Waals surface area contributed by atoms with Crippen LogP contribution in [0.25, 0.3) is 15.3 Å². The lowest BCUT2D eigenvalue weighted by Crippen LogP contribution is -2.13. The average Bonchev–Trinajstić information content (AvgIpc) is 3.76. The van der Waals surface area contributed by atoms with Gasteiger partial charge in [0, 0.05) is 52.1 Å². The van der Waals surface area contributed by atoms with Crippen LogP contribution in [0.3, 0.4) is 0 Å². The predicted octanol–water partition coefficient (Wildman–Crippen LogP) is 7.16. The fourth-order valence-electron chi connectivity index (χ4n) is 5.90. The van der Waals surface area contributed by atoms with E-state index < -0.39 is 17.9 Å². The van der Waals surface area contributed by atoms with E-state index in [0.29, 0.717) is 76.9 Å². The van der Waals surface area contributed by atoms with Crippen molar-refractivity contribution in [3.05, 3.63) is 64.3 Å². The zero-order valence-electron chi connectivity index (χ0n) is 31.2. The number of aromatic nitrogens is 5. The van der Waals surface area contributed by atoms with Gasteiger partial charge >= 0.3 is 11.9 Å². The average molecular weight is 770 g/mol. The Balaban J connectivity index is 1.54. The number of carboxylic acids is 2. The van der Waals surface area contributed by atoms with Crippen LogP contribution < -0.4 is 16.0 Å². The lowest BCUT2D eigenvalue weighted by molar-refractivity contribution is -0.139. The fourth-order valence-corrected chi connectivity index (χ4v) is 6.84. The molecular weight excluding hydrogens is 727 g/mol. The van der Waals surface area contributed by atoms with Gasteiger partial charge in [-0.2, -0.15) is 15.2 Å². The van der Waals surface area contributed by atoms with Crippen LogP contribution >= 0.6 is 11.3 Å². The minimum Gasteiger partial charge on any atom is -0.481 e. The van der Waals surface area contributed by atoms with E-state index in [-0.39, 0.29) is 24.2 Å². The predicted molar refractivity (Wildman–Crippen MR) is 209 cm³/mol. The van der Waals surface area contributed by atoms with Gasteiger partial charge in [-0.05, 0) is 62.4 Å². The second-order valence-electron chi connectivity index (χ2n) is 12.8. The summed E-state index contributed by atoms with van der Waals surface area (Å²) in [6, 6.07) is 11.4. The summed E-state index contributed by atoms with van der Waals surface area (Å²) in [6.45, 7) is 8.25. The number of aliphatic carboxylic acids is 2. The third-order valence-corrected chi connectivity index (χ3v) is 9.41. The maximum absolute atomic E-state index is 11.4. The molecule has 0 bridgehead atoms. The van der Waals surface area contributed by atoms with Crippen molar-refractivity contribution in [1.29, 1.82) is 5.26 Å². The third kappa shape index (κ3) is 10.6. The van der Waals surface area contributed by atoms with E-state index in [2.05, 4.69) is 54.5 Å². The monoisotopic (exact) mass is 769 g/mol. The molecule has 0 amide bonds. The molecule has 5 N–H and O–H groups in total. The van der Waals surface area contributed by atoms with Gasteiger partial charge in [0.05, 0.1) is 29.3 Å². The van der Waals surface area contributed by atoms with Gasteiger partial charge in [-0.25, -0.2) is 9.67 Å². The highest BCUT2D eigenvalue weighted by Crippen LogP contribution is 2.38. The number of fused-ring (bicyclic) bond motifs is 1. The molecule has 3 heterocycles. The number of rotatable bonds is 20. The topological polar surface area (TPSA) is 234 Å². The Hall–Kier alpha value is -6.03. The minimum atomic E-state index is -1.09. The summed E-state index contributed by atoms with van der Waals surface area (Å²) in [7, 11) is 3.28. The van der Waals surface area contributed by atoms with Crippen LogP contribution in [-0.4, -0.2) is 87.4 Å². The third-order valence-electron chi connectivity index (χ3n) is 8.40. The number of azo groups is 1. The maximum atomic E-state index is 11.4. The zero-order chi connectivity index (χ0) is 39.5. The van der Waals surface area contributed by atoms with Gasteiger partial charge < -0.3 is 35.6 Å². The molecule has 5 rings (SSSR count). The second kappa shape index (κ2) is 18.8. The molecule has 0 fully saturated rings. The van der Waals surface area contributed by atoms with Crippen LogP contribution in [0.4, 0.5) is 34.8 Å². The smallest absolute Gasteiger partial charge is 0.303 e. The molecule has 3 aromatic heterocycles. The van der Waals surface area contributed by atoms with Gasteiger partial charge in [-0.1, -0.05) is 35.1 Å². The molecule has 0 saturated heterocycles. The summed E-state index contributed by atoms with van der Waals surface area (Å²) in [5.41, 5.74) is 5.60. The Labute approximate surface area is 321 Å². The van der Waals surface area contributed by atoms with Gasteiger partial charge in [0.1, 0.15) is 11.6 Å². The molecule has 0 spiro atoms. The van der Waals surface area contributed by atoms with Crippen molar-refractivity contribution < 1.29 is 29.3 Å². The lowest BCUT2D eigenvalue weighted by atomic mass is 9.92. The molecule has 0 radical (unpaired) electrons. The van der Waals surface area contributed by atoms with Crippen LogP contribution in [0.15, 0.2) is 46.8 Å². The molecule has 18 heteroatoms. The first-order valence-electron chi connectivity index (χ1n) is 17.5. The highest BCUT2D eigenvalue weighted by atomic mass is 32.1. The lowest BCUT2D eigenvalue weighted by Gasteiger charge is -2.18. The molecule has 0 aliphatic heterocycles. The Bertz CT molecular complexity index is 2190. The van der Waals surface area contributed by atoms with Gasteiger partial charge in [-0.3, -0.25) is 9.59 Å². The summed E-state index contributed by atoms with van der Waals surface area (Å²) in [6.07, 6.45) is 2.28. The Kier molecular flexibility index (Phi) is 13.7. The van der Waals surface area contributed by atoms with E-state index in [9.17, 15) is 25.1 Å². The first-order valence-corrected chi connectivity index (χ1v) is 18.3. The number of anilines is 4. The van der Waals surface area contributed by atoms with Crippen LogP contribution in [0, 0.1) is 32.1 Å². The van der Waals surface area contributed by atoms with E-state index in [1.165, 1.54) is 22.2 Å². The minimum absolute atomic E-state index is 0.0335. The molecule has 55 heavy (non-hydrogen) atoms. The molecule has 0 atom stereocenters. The number of hydrogen-bond acceptors (Lipinski definition) is 15. The van der Waals surface area contributed by atoms with Crippen molar-refractivity contribution in [1.82, 2.24) is 24.7 Å². The van der Waals surface area contributed by atoms with Crippen LogP contribution in [0.5, 0.6) is 0 Å². The molecule has 0 saturated carbocycles. The number of nitrogens with zero attached hydrogens (tertiary/aromatic N) is 8. The van der Waals surface area contributed by atoms with E-state index in [1.54, 1.807) is 32.4 Å². The number of benzene rings is 2. The van der Waals surface area contributed by atoms with Gasteiger partial charge in [0.2, 0.25) is 16.9 Å². The van der Waals surface area contributed by atoms with Crippen molar-refractivity contribution >= 4 is 68.3 Å². The molecule has 17 nitrogen and oxygen atoms in total. The van der Waals surface area contributed by atoms with Crippen molar-refractivity contribution in [2.24, 2.45) is 10.2 Å². The Morgan fingerprint density at radius 3 is 2.22 bits per heavy atom. The van der Waals surface area contributed by atoms with Gasteiger partial charge in [0.25, 0.3) is 0 Å². The first kappa shape index (κ1) is 40.2. The molecule has 288 valence electrons. The number of thiazole rings is 1. The Morgan fingerprint density at radius 1 is 0.927 bits per heavy atom. The van der Waals surface area contributed by atoms with Crippen molar-refractivity contribution in [3.8, 4) is 11.2 Å². The summed E-state index contributed by atoms with van der Waals surface area (Å²) in [5, 5.41) is 52.8. The van der Waals surface area contributed by atoms with Crippen LogP contribution in [0.1, 0.15) is 59.4 Å². The number of ether oxygens (including phenoxy) is 2. The second-order valence-corrected chi connectivity index (χ2v) is 13.8. The molecule has 5 aromatic rings. The van der Waals surface area contributed by atoms with Gasteiger partial charge in [-0.15, -0.1) is 15.3 Å². The fraction of sp³-hybridized carbons (Fsp3) is 0.378. The van der Waals surface area contributed by atoms with E-state index in [1.807, 2.05) is 20.8 Å². The SMILES string of the molecule is COCCCNc1nc(NCCCOC)c(N=Nc2nn(-c3nc4ccc(C(CC(=O)O)CC(=O)O)cc4s3)cc2C#N)c(Nc2c(C)cc(C)cc2C)n1. The molecule has 2 aromatic carbocycles. The Morgan fingerprint density at radius 2 is 1.58 bits per heavy atom. The molecule has 0 aliphatic rings. The highest BCUT2D eigenvalue weighted by molar-refractivity contribution is 7.20. The summed E-state index contributed by atoms with van der Waals surface area (Å²) >= 11 is 1.25. The highest BCUT2D eigenvalue weighted by Gasteiger charge is 2.22. The number of carbonyl (C=O) groups is 2. The molecule has 0 unspecified atom stereocenters. The first-order chi connectivity index (χ1) is 26.5. The number of nitrogens with one attached hydrogen (secondary N) is 3. The molecule has 0 aliphatic carbocycles. The van der Waals surface area contributed by atoms with Gasteiger partial charge in [0.15, 0.2) is 17.3 Å². The maximum Gasteiger partial charge on any atom is 0.303 e. The number of hydrogen-bond donors (Lipinski definition) is 5. The largest absolute Gasteiger partial charge is 0.481 e. The number of aryl methyl sites for hydroxylation is 3. The summed E-state index contributed by atoms with van der Waals surface area (Å²) in [5.74, 6) is -1.71. The van der Waals surface area contributed by atoms with Crippen molar-refractivity contribution in [2.75, 3.05) is 56.5 Å². The number of nitriles is 1. The molecular formula is C37H43N11O6S. The van der Waals surface area contributed by atoms with E-state index >= 15 is 0 Å². The van der Waals surface area contributed by atoms with Crippen LogP contribution in [0.2, 0.25) is 0 Å². The quantitative estimate of drug-likeness (QED) is 0.0390. The van der Waals surface area contributed by atoms with Crippen molar-refractivity contribution in [2.45, 2.75) is 52.4 Å². The standard InChI is InChI=1S/C37H43N11O6S/c1-21-14-22(2)31(23(3)15-21)42-35-32(34(39-10-6-12-53-4)43-36(44-35)40-11-7-13-54-5)45-46-33-26(19-38)20-48(47-33)37-41-27-9-8-24(16-28(27)55-37)25(17-29(49)50)18-30(51)52/h8-9,14-16,20,25H,6-7,10-13,17-18H2,1-5H3,(H,49,50)(H,51,52)(H3,39,40,42,43,44). The van der Waals surface area contributed by atoms with Crippen LogP contribution in [-0.2, 0) is 19.1 Å². The van der Waals surface area contributed by atoms with Crippen molar-refractivity contribution in [3.63, 3.8) is 0 Å². The number of methoxy groups -OCH3 is 2. The zero-order valence-corrected chi connectivity index (χ0v) is 32.0. The summed E-state index contributed by atoms with van der Waals surface area (Å²) < 4.78 is 12.6. The summed E-state index contributed by atoms with van der Waals surface area (Å²) in [4.78, 5) is 37.1. The van der Waals surface area contributed by atoms with E-state index in [0.717, 1.165) is 28.8 Å². The normalized spacial score (nSPS) is 11.4.